The fourth-order valence-corrected chi connectivity index (χ4v) is 7.80. The summed E-state index contributed by atoms with van der Waals surface area (Å²) in [6, 6.07) is 18.0. The highest BCUT2D eigenvalue weighted by Crippen LogP contribution is 2.30. The second kappa shape index (κ2) is 16.8. The van der Waals surface area contributed by atoms with Gasteiger partial charge in [0.15, 0.2) is 0 Å². The van der Waals surface area contributed by atoms with Gasteiger partial charge in [-0.05, 0) is 87.7 Å². The molecule has 0 unspecified atom stereocenters. The summed E-state index contributed by atoms with van der Waals surface area (Å²) in [4.78, 5) is 16.1. The molecule has 2 N–H and O–H groups in total. The first-order valence-electron chi connectivity index (χ1n) is 16.3. The first-order chi connectivity index (χ1) is 23.3. The zero-order valence-electron chi connectivity index (χ0n) is 28.6. The fraction of sp³-hybridized carbons (Fsp3) is 0.457. The standard InChI is InChI=1S/C35H47N3O9S2/c1-25-22-38(26(2)24-39)35(40)32-21-28(36-48(41,42)30-17-15-29(45-5)16-18-30)14-19-33(32)47-27(3)11-9-10-20-46-34(25)23-37(4)49(43,44)31-12-7-6-8-13-31/h6-8,12-19,21,25-27,34,36,39H,9-11,20,22-24H2,1-5H3/t25-,26+,27+,34+/m1/s1. The SMILES string of the molecule is COc1ccc(S(=O)(=O)Nc2ccc3c(c2)C(=O)N([C@@H](C)CO)C[C@@H](C)[C@H](CN(C)S(=O)(=O)c2ccccc2)OCCCC[C@H](C)O3)cc1. The van der Waals surface area contributed by atoms with E-state index in [0.29, 0.717) is 25.2 Å². The van der Waals surface area contributed by atoms with Crippen molar-refractivity contribution in [1.82, 2.24) is 9.21 Å². The Bertz CT molecular complexity index is 1750. The molecule has 3 aromatic carbocycles. The van der Waals surface area contributed by atoms with Gasteiger partial charge >= 0.3 is 0 Å². The summed E-state index contributed by atoms with van der Waals surface area (Å²) < 4.78 is 74.7. The predicted octanol–water partition coefficient (Wildman–Crippen LogP) is 4.61. The van der Waals surface area contributed by atoms with Crippen LogP contribution < -0.4 is 14.2 Å². The van der Waals surface area contributed by atoms with Crippen molar-refractivity contribution in [3.63, 3.8) is 0 Å². The van der Waals surface area contributed by atoms with Crippen molar-refractivity contribution in [1.29, 1.82) is 0 Å². The highest BCUT2D eigenvalue weighted by atomic mass is 32.2. The van der Waals surface area contributed by atoms with Crippen LogP contribution in [0.25, 0.3) is 0 Å². The lowest BCUT2D eigenvalue weighted by molar-refractivity contribution is -0.00833. The van der Waals surface area contributed by atoms with E-state index < -0.39 is 38.1 Å². The van der Waals surface area contributed by atoms with Crippen molar-refractivity contribution in [3.05, 3.63) is 78.4 Å². The van der Waals surface area contributed by atoms with Crippen LogP contribution in [-0.2, 0) is 24.8 Å². The number of aliphatic hydroxyl groups excluding tert-OH is 1. The Balaban J connectivity index is 1.67. The van der Waals surface area contributed by atoms with Gasteiger partial charge in [0.05, 0.1) is 47.3 Å². The van der Waals surface area contributed by atoms with E-state index in [1.54, 1.807) is 49.4 Å². The monoisotopic (exact) mass is 717 g/mol. The molecule has 268 valence electrons. The number of ether oxygens (including phenoxy) is 3. The quantitative estimate of drug-likeness (QED) is 0.306. The highest BCUT2D eigenvalue weighted by molar-refractivity contribution is 7.92. The average Bonchev–Trinajstić information content (AvgIpc) is 3.09. The van der Waals surface area contributed by atoms with Crippen LogP contribution in [0, 0.1) is 5.92 Å². The maximum Gasteiger partial charge on any atom is 0.261 e. The van der Waals surface area contributed by atoms with Crippen molar-refractivity contribution in [3.8, 4) is 11.5 Å². The normalized spacial score (nSPS) is 20.5. The number of nitrogens with one attached hydrogen (secondary N) is 1. The van der Waals surface area contributed by atoms with Gasteiger partial charge in [-0.15, -0.1) is 0 Å². The van der Waals surface area contributed by atoms with E-state index in [4.69, 9.17) is 14.2 Å². The minimum Gasteiger partial charge on any atom is -0.497 e. The van der Waals surface area contributed by atoms with Crippen LogP contribution in [0.15, 0.2) is 82.6 Å². The van der Waals surface area contributed by atoms with E-state index in [0.717, 1.165) is 6.42 Å². The van der Waals surface area contributed by atoms with Crippen LogP contribution in [-0.4, -0.2) is 95.8 Å². The third-order valence-electron chi connectivity index (χ3n) is 8.56. The van der Waals surface area contributed by atoms with Crippen LogP contribution in [0.2, 0.25) is 0 Å². The number of hydrogen-bond donors (Lipinski definition) is 2. The Labute approximate surface area is 290 Å². The number of fused-ring (bicyclic) bond motifs is 1. The van der Waals surface area contributed by atoms with Gasteiger partial charge in [-0.25, -0.2) is 16.8 Å². The van der Waals surface area contributed by atoms with Gasteiger partial charge in [-0.3, -0.25) is 9.52 Å². The second-order valence-corrected chi connectivity index (χ2v) is 16.1. The summed E-state index contributed by atoms with van der Waals surface area (Å²) in [5.41, 5.74) is 0.270. The van der Waals surface area contributed by atoms with Gasteiger partial charge < -0.3 is 24.2 Å². The number of nitrogens with zero attached hydrogens (tertiary/aromatic N) is 2. The number of hydrogen-bond acceptors (Lipinski definition) is 9. The third kappa shape index (κ3) is 9.73. The molecule has 12 nitrogen and oxygen atoms in total. The highest BCUT2D eigenvalue weighted by Gasteiger charge is 2.32. The molecule has 0 radical (unpaired) electrons. The van der Waals surface area contributed by atoms with Crippen molar-refractivity contribution in [2.24, 2.45) is 5.92 Å². The minimum absolute atomic E-state index is 0.0132. The van der Waals surface area contributed by atoms with Crippen molar-refractivity contribution in [2.75, 3.05) is 45.2 Å². The molecule has 0 saturated heterocycles. The van der Waals surface area contributed by atoms with Gasteiger partial charge in [-0.2, -0.15) is 4.31 Å². The number of rotatable bonds is 10. The number of anilines is 1. The molecule has 0 aliphatic carbocycles. The van der Waals surface area contributed by atoms with Crippen molar-refractivity contribution >= 4 is 31.6 Å². The predicted molar refractivity (Wildman–Crippen MR) is 187 cm³/mol. The first kappa shape index (κ1) is 38.1. The largest absolute Gasteiger partial charge is 0.497 e. The van der Waals surface area contributed by atoms with E-state index >= 15 is 0 Å². The summed E-state index contributed by atoms with van der Waals surface area (Å²) >= 11 is 0. The molecule has 4 rings (SSSR count). The topological polar surface area (TPSA) is 152 Å². The van der Waals surface area contributed by atoms with Crippen molar-refractivity contribution < 1.29 is 40.9 Å². The molecule has 3 aromatic rings. The summed E-state index contributed by atoms with van der Waals surface area (Å²) in [7, 11) is -4.83. The Morgan fingerprint density at radius 1 is 1.00 bits per heavy atom. The number of amides is 1. The van der Waals surface area contributed by atoms with Gasteiger partial charge in [0.1, 0.15) is 11.5 Å². The molecule has 1 heterocycles. The van der Waals surface area contributed by atoms with E-state index in [9.17, 15) is 26.7 Å². The van der Waals surface area contributed by atoms with Gasteiger partial charge in [0.2, 0.25) is 10.0 Å². The third-order valence-corrected chi connectivity index (χ3v) is 11.8. The number of carbonyl (C=O) groups excluding carboxylic acids is 1. The molecule has 1 aliphatic rings. The van der Waals surface area contributed by atoms with Crippen LogP contribution in [0.4, 0.5) is 5.69 Å². The fourth-order valence-electron chi connectivity index (χ4n) is 5.54. The lowest BCUT2D eigenvalue weighted by Gasteiger charge is -2.35. The van der Waals surface area contributed by atoms with Gasteiger partial charge in [0, 0.05) is 38.3 Å². The Morgan fingerprint density at radius 3 is 2.35 bits per heavy atom. The molecule has 0 saturated carbocycles. The second-order valence-electron chi connectivity index (χ2n) is 12.4. The molecule has 1 aliphatic heterocycles. The summed E-state index contributed by atoms with van der Waals surface area (Å²) in [5, 5.41) is 10.2. The van der Waals surface area contributed by atoms with Gasteiger partial charge in [-0.1, -0.05) is 25.1 Å². The number of likely N-dealkylation sites (N-methyl/N-ethyl adjacent to an activating group) is 1. The molecule has 1 amide bonds. The Hall–Kier alpha value is -3.69. The smallest absolute Gasteiger partial charge is 0.261 e. The summed E-state index contributed by atoms with van der Waals surface area (Å²) in [5.74, 6) is -0.0608. The summed E-state index contributed by atoms with van der Waals surface area (Å²) in [6.07, 6.45) is 1.26. The van der Waals surface area contributed by atoms with E-state index in [1.165, 1.54) is 53.7 Å². The molecule has 0 spiro atoms. The molecular formula is C35H47N3O9S2. The molecule has 14 heteroatoms. The first-order valence-corrected chi connectivity index (χ1v) is 19.2. The lowest BCUT2D eigenvalue weighted by Crippen LogP contribution is -2.48. The minimum atomic E-state index is -4.02. The molecule has 4 atom stereocenters. The zero-order chi connectivity index (χ0) is 35.8. The van der Waals surface area contributed by atoms with E-state index in [-0.39, 0.29) is 58.5 Å². The van der Waals surface area contributed by atoms with Crippen LogP contribution in [0.1, 0.15) is 50.4 Å². The lowest BCUT2D eigenvalue weighted by atomic mass is 10.0. The number of methoxy groups -OCH3 is 1. The number of sulfonamides is 2. The van der Waals surface area contributed by atoms with Crippen LogP contribution >= 0.6 is 0 Å². The van der Waals surface area contributed by atoms with Crippen LogP contribution in [0.3, 0.4) is 0 Å². The molecule has 0 bridgehead atoms. The zero-order valence-corrected chi connectivity index (χ0v) is 30.2. The maximum atomic E-state index is 14.4. The number of aliphatic hydroxyl groups is 1. The molecular weight excluding hydrogens is 671 g/mol. The number of benzene rings is 3. The molecule has 49 heavy (non-hydrogen) atoms. The average molecular weight is 718 g/mol. The van der Waals surface area contributed by atoms with Crippen LogP contribution in [0.5, 0.6) is 11.5 Å². The Morgan fingerprint density at radius 2 is 1.69 bits per heavy atom. The van der Waals surface area contributed by atoms with Gasteiger partial charge in [0.25, 0.3) is 15.9 Å². The maximum absolute atomic E-state index is 14.4. The molecule has 0 fully saturated rings. The Kier molecular flexibility index (Phi) is 13.1. The van der Waals surface area contributed by atoms with E-state index in [2.05, 4.69) is 4.72 Å². The summed E-state index contributed by atoms with van der Waals surface area (Å²) in [6.45, 7) is 5.67. The van der Waals surface area contributed by atoms with Crippen molar-refractivity contribution in [2.45, 2.75) is 68.1 Å². The van der Waals surface area contributed by atoms with E-state index in [1.807, 2.05) is 13.8 Å². The number of carbonyl (C=O) groups is 1. The molecule has 0 aromatic heterocycles.